The lowest BCUT2D eigenvalue weighted by molar-refractivity contribution is 0.0884. The van der Waals surface area contributed by atoms with Gasteiger partial charge < -0.3 is 15.0 Å². The number of hydrogen-bond donors (Lipinski definition) is 1. The summed E-state index contributed by atoms with van der Waals surface area (Å²) in [5.74, 6) is -0.0407. The van der Waals surface area contributed by atoms with Crippen LogP contribution in [0.15, 0.2) is 24.3 Å². The number of carbonyl (C=O) groups excluding carboxylic acids is 1. The second-order valence-electron chi connectivity index (χ2n) is 4.76. The first kappa shape index (κ1) is 16.7. The maximum absolute atomic E-state index is 11.9. The molecule has 0 saturated heterocycles. The monoisotopic (exact) mass is 278 g/mol. The molecule has 20 heavy (non-hydrogen) atoms. The Morgan fingerprint density at radius 2 is 2.00 bits per heavy atom. The van der Waals surface area contributed by atoms with Crippen LogP contribution in [-0.2, 0) is 4.74 Å². The van der Waals surface area contributed by atoms with Crippen LogP contribution >= 0.6 is 0 Å². The molecule has 0 aliphatic rings. The molecule has 0 atom stereocenters. The number of benzene rings is 1. The lowest BCUT2D eigenvalue weighted by Crippen LogP contribution is -2.30. The summed E-state index contributed by atoms with van der Waals surface area (Å²) in [4.78, 5) is 14.2. The maximum Gasteiger partial charge on any atom is 0.251 e. The van der Waals surface area contributed by atoms with Crippen molar-refractivity contribution in [2.45, 2.75) is 20.8 Å². The second kappa shape index (κ2) is 9.50. The molecule has 4 heteroatoms. The first-order chi connectivity index (χ1) is 9.67. The molecular weight excluding hydrogens is 252 g/mol. The van der Waals surface area contributed by atoms with Crippen LogP contribution in [0.1, 0.15) is 29.8 Å². The van der Waals surface area contributed by atoms with E-state index in [1.54, 1.807) is 0 Å². The van der Waals surface area contributed by atoms with Crippen molar-refractivity contribution >= 4 is 5.91 Å². The SMILES string of the molecule is CCN(CC)CCOCCNC(=O)c1cccc(C)c1. The van der Waals surface area contributed by atoms with Gasteiger partial charge in [0.05, 0.1) is 13.2 Å². The molecule has 1 rings (SSSR count). The molecule has 0 aliphatic heterocycles. The van der Waals surface area contributed by atoms with Crippen molar-refractivity contribution in [3.05, 3.63) is 35.4 Å². The van der Waals surface area contributed by atoms with Crippen molar-refractivity contribution in [3.8, 4) is 0 Å². The van der Waals surface area contributed by atoms with Gasteiger partial charge in [-0.25, -0.2) is 0 Å². The van der Waals surface area contributed by atoms with Crippen molar-refractivity contribution in [1.82, 2.24) is 10.2 Å². The molecule has 1 N–H and O–H groups in total. The lowest BCUT2D eigenvalue weighted by Gasteiger charge is -2.17. The van der Waals surface area contributed by atoms with Crippen LogP contribution in [0.25, 0.3) is 0 Å². The quantitative estimate of drug-likeness (QED) is 0.703. The van der Waals surface area contributed by atoms with Gasteiger partial charge in [-0.3, -0.25) is 4.79 Å². The highest BCUT2D eigenvalue weighted by atomic mass is 16.5. The Morgan fingerprint density at radius 3 is 2.65 bits per heavy atom. The van der Waals surface area contributed by atoms with Crippen molar-refractivity contribution in [2.24, 2.45) is 0 Å². The van der Waals surface area contributed by atoms with Crippen LogP contribution in [-0.4, -0.2) is 50.2 Å². The third kappa shape index (κ3) is 6.17. The van der Waals surface area contributed by atoms with E-state index in [1.165, 1.54) is 0 Å². The van der Waals surface area contributed by atoms with Gasteiger partial charge in [-0.05, 0) is 32.1 Å². The zero-order valence-electron chi connectivity index (χ0n) is 12.8. The summed E-state index contributed by atoms with van der Waals surface area (Å²) >= 11 is 0. The minimum absolute atomic E-state index is 0.0407. The van der Waals surface area contributed by atoms with Gasteiger partial charge in [0, 0.05) is 18.7 Å². The standard InChI is InChI=1S/C16H26N2O2/c1-4-18(5-2)10-12-20-11-9-17-16(19)15-8-6-7-14(3)13-15/h6-8,13H,4-5,9-12H2,1-3H3,(H,17,19). The summed E-state index contributed by atoms with van der Waals surface area (Å²) in [5.41, 5.74) is 1.79. The van der Waals surface area contributed by atoms with Crippen LogP contribution in [0.3, 0.4) is 0 Å². The van der Waals surface area contributed by atoms with E-state index in [-0.39, 0.29) is 5.91 Å². The average molecular weight is 278 g/mol. The Kier molecular flexibility index (Phi) is 7.92. The van der Waals surface area contributed by atoms with E-state index >= 15 is 0 Å². The van der Waals surface area contributed by atoms with Gasteiger partial charge in [0.1, 0.15) is 0 Å². The molecular formula is C16H26N2O2. The minimum atomic E-state index is -0.0407. The number of rotatable bonds is 9. The number of nitrogens with zero attached hydrogens (tertiary/aromatic N) is 1. The van der Waals surface area contributed by atoms with Crippen LogP contribution in [0.5, 0.6) is 0 Å². The first-order valence-electron chi connectivity index (χ1n) is 7.32. The molecule has 0 aromatic heterocycles. The van der Waals surface area contributed by atoms with Crippen LogP contribution < -0.4 is 5.32 Å². The molecule has 0 bridgehead atoms. The third-order valence-electron chi connectivity index (χ3n) is 3.26. The van der Waals surface area contributed by atoms with Gasteiger partial charge in [0.25, 0.3) is 5.91 Å². The zero-order valence-corrected chi connectivity index (χ0v) is 12.8. The number of nitrogens with one attached hydrogen (secondary N) is 1. The fourth-order valence-corrected chi connectivity index (χ4v) is 1.96. The molecule has 0 heterocycles. The molecule has 0 radical (unpaired) electrons. The summed E-state index contributed by atoms with van der Waals surface area (Å²) in [6.45, 7) is 11.1. The summed E-state index contributed by atoms with van der Waals surface area (Å²) in [5, 5.41) is 2.86. The van der Waals surface area contributed by atoms with E-state index in [1.807, 2.05) is 31.2 Å². The molecule has 112 valence electrons. The summed E-state index contributed by atoms with van der Waals surface area (Å²) in [6.07, 6.45) is 0. The van der Waals surface area contributed by atoms with Gasteiger partial charge in [-0.2, -0.15) is 0 Å². The van der Waals surface area contributed by atoms with E-state index < -0.39 is 0 Å². The van der Waals surface area contributed by atoms with Gasteiger partial charge in [-0.1, -0.05) is 31.5 Å². The van der Waals surface area contributed by atoms with Crippen molar-refractivity contribution < 1.29 is 9.53 Å². The van der Waals surface area contributed by atoms with Crippen LogP contribution in [0.4, 0.5) is 0 Å². The summed E-state index contributed by atoms with van der Waals surface area (Å²) in [6, 6.07) is 7.58. The van der Waals surface area contributed by atoms with Crippen molar-refractivity contribution in [3.63, 3.8) is 0 Å². The molecule has 1 aromatic rings. The topological polar surface area (TPSA) is 41.6 Å². The largest absolute Gasteiger partial charge is 0.378 e. The highest BCUT2D eigenvalue weighted by Crippen LogP contribution is 2.03. The smallest absolute Gasteiger partial charge is 0.251 e. The minimum Gasteiger partial charge on any atom is -0.378 e. The van der Waals surface area contributed by atoms with Gasteiger partial charge in [0.2, 0.25) is 0 Å². The Balaban J connectivity index is 2.14. The second-order valence-corrected chi connectivity index (χ2v) is 4.76. The molecule has 4 nitrogen and oxygen atoms in total. The number of ether oxygens (including phenoxy) is 1. The molecule has 1 amide bonds. The molecule has 1 aromatic carbocycles. The van der Waals surface area contributed by atoms with Gasteiger partial charge >= 0.3 is 0 Å². The number of amides is 1. The number of hydrogen-bond acceptors (Lipinski definition) is 3. The van der Waals surface area contributed by atoms with E-state index in [4.69, 9.17) is 4.74 Å². The highest BCUT2D eigenvalue weighted by molar-refractivity contribution is 5.94. The molecule has 0 aliphatic carbocycles. The fraction of sp³-hybridized carbons (Fsp3) is 0.562. The van der Waals surface area contributed by atoms with Crippen molar-refractivity contribution in [1.29, 1.82) is 0 Å². The lowest BCUT2D eigenvalue weighted by atomic mass is 10.1. The van der Waals surface area contributed by atoms with Crippen LogP contribution in [0, 0.1) is 6.92 Å². The molecule has 0 fully saturated rings. The maximum atomic E-state index is 11.9. The zero-order chi connectivity index (χ0) is 14.8. The van der Waals surface area contributed by atoms with Crippen molar-refractivity contribution in [2.75, 3.05) is 39.4 Å². The summed E-state index contributed by atoms with van der Waals surface area (Å²) in [7, 11) is 0. The first-order valence-corrected chi connectivity index (χ1v) is 7.32. The number of carbonyl (C=O) groups is 1. The van der Waals surface area contributed by atoms with Crippen LogP contribution in [0.2, 0.25) is 0 Å². The normalized spacial score (nSPS) is 10.8. The number of aryl methyl sites for hydroxylation is 1. The Labute approximate surface area is 122 Å². The highest BCUT2D eigenvalue weighted by Gasteiger charge is 2.04. The number of likely N-dealkylation sites (N-methyl/N-ethyl adjacent to an activating group) is 1. The molecule has 0 unspecified atom stereocenters. The third-order valence-corrected chi connectivity index (χ3v) is 3.26. The van der Waals surface area contributed by atoms with E-state index in [0.717, 1.165) is 25.2 Å². The Hall–Kier alpha value is -1.39. The average Bonchev–Trinajstić information content (AvgIpc) is 2.46. The van der Waals surface area contributed by atoms with Gasteiger partial charge in [-0.15, -0.1) is 0 Å². The Bertz CT molecular complexity index is 403. The predicted octanol–water partition coefficient (Wildman–Crippen LogP) is 2.08. The fourth-order valence-electron chi connectivity index (χ4n) is 1.96. The molecule has 0 spiro atoms. The Morgan fingerprint density at radius 1 is 1.25 bits per heavy atom. The molecule has 0 saturated carbocycles. The van der Waals surface area contributed by atoms with E-state index in [0.29, 0.717) is 25.3 Å². The predicted molar refractivity (Wildman–Crippen MR) is 82.1 cm³/mol. The van der Waals surface area contributed by atoms with E-state index in [2.05, 4.69) is 24.1 Å². The van der Waals surface area contributed by atoms with Gasteiger partial charge in [0.15, 0.2) is 0 Å². The van der Waals surface area contributed by atoms with E-state index in [9.17, 15) is 4.79 Å². The summed E-state index contributed by atoms with van der Waals surface area (Å²) < 4.78 is 5.52.